The third kappa shape index (κ3) is 3.27. The predicted octanol–water partition coefficient (Wildman–Crippen LogP) is 4.66. The van der Waals surface area contributed by atoms with Crippen molar-refractivity contribution in [3.8, 4) is 5.75 Å². The van der Waals surface area contributed by atoms with E-state index in [0.717, 1.165) is 0 Å². The normalized spacial score (nSPS) is 16.4. The van der Waals surface area contributed by atoms with E-state index in [1.807, 2.05) is 0 Å². The van der Waals surface area contributed by atoms with E-state index >= 15 is 0 Å². The summed E-state index contributed by atoms with van der Waals surface area (Å²) in [6.45, 7) is 1.68. The van der Waals surface area contributed by atoms with Crippen molar-refractivity contribution < 1.29 is 19.4 Å². The van der Waals surface area contributed by atoms with Gasteiger partial charge < -0.3 is 14.7 Å². The molecule has 2 aromatic carbocycles. The molecule has 8 heteroatoms. The molecule has 25 heavy (non-hydrogen) atoms. The van der Waals surface area contributed by atoms with Crippen molar-refractivity contribution in [3.05, 3.63) is 56.5 Å². The minimum Gasteiger partial charge on any atom is -0.479 e. The van der Waals surface area contributed by atoms with Crippen LogP contribution in [0.5, 0.6) is 5.75 Å². The highest BCUT2D eigenvalue weighted by Crippen LogP contribution is 2.39. The van der Waals surface area contributed by atoms with Gasteiger partial charge in [-0.05, 0) is 37.3 Å². The van der Waals surface area contributed by atoms with Gasteiger partial charge in [-0.15, -0.1) is 0 Å². The Morgan fingerprint density at radius 1 is 1.20 bits per heavy atom. The highest BCUT2D eigenvalue weighted by molar-refractivity contribution is 6.44. The first kappa shape index (κ1) is 17.9. The molecule has 0 bridgehead atoms. The number of fused-ring (bicyclic) bond motifs is 1. The van der Waals surface area contributed by atoms with Crippen LogP contribution in [0.25, 0.3) is 0 Å². The minimum atomic E-state index is -1.08. The van der Waals surface area contributed by atoms with Crippen LogP contribution >= 0.6 is 34.8 Å². The first-order valence-corrected chi connectivity index (χ1v) is 8.40. The maximum absolute atomic E-state index is 12.6. The van der Waals surface area contributed by atoms with Crippen LogP contribution < -0.4 is 9.64 Å². The summed E-state index contributed by atoms with van der Waals surface area (Å²) < 4.78 is 5.54. The van der Waals surface area contributed by atoms with Gasteiger partial charge in [-0.2, -0.15) is 0 Å². The second-order valence-corrected chi connectivity index (χ2v) is 6.69. The quantitative estimate of drug-likeness (QED) is 0.761. The van der Waals surface area contributed by atoms with Gasteiger partial charge in [-0.25, -0.2) is 4.79 Å². The van der Waals surface area contributed by atoms with Gasteiger partial charge in [0, 0.05) is 10.6 Å². The topological polar surface area (TPSA) is 66.8 Å². The molecule has 0 aromatic heterocycles. The molecule has 1 unspecified atom stereocenters. The summed E-state index contributed by atoms with van der Waals surface area (Å²) in [6, 6.07) is 7.49. The molecule has 130 valence electrons. The van der Waals surface area contributed by atoms with Crippen molar-refractivity contribution >= 4 is 52.4 Å². The number of anilines is 1. The molecule has 1 aliphatic rings. The number of rotatable bonds is 3. The summed E-state index contributed by atoms with van der Waals surface area (Å²) in [6.07, 6.45) is -0.770. The average Bonchev–Trinajstić information content (AvgIpc) is 2.57. The van der Waals surface area contributed by atoms with Gasteiger partial charge in [-0.1, -0.05) is 34.8 Å². The number of hydrogen-bond acceptors (Lipinski definition) is 3. The molecule has 1 amide bonds. The molecule has 1 N–H and O–H groups in total. The summed E-state index contributed by atoms with van der Waals surface area (Å²) in [4.78, 5) is 25.2. The van der Waals surface area contributed by atoms with Gasteiger partial charge >= 0.3 is 5.97 Å². The third-order valence-electron chi connectivity index (χ3n) is 3.87. The van der Waals surface area contributed by atoms with Gasteiger partial charge in [0.2, 0.25) is 0 Å². The number of carbonyl (C=O) groups excluding carboxylic acids is 1. The van der Waals surface area contributed by atoms with Crippen LogP contribution in [0.4, 0.5) is 5.69 Å². The number of carboxylic acid groups (broad SMARTS) is 1. The first-order valence-electron chi connectivity index (χ1n) is 7.27. The van der Waals surface area contributed by atoms with Crippen LogP contribution in [-0.4, -0.2) is 23.1 Å². The smallest absolute Gasteiger partial charge is 0.335 e. The molecular weight excluding hydrogens is 389 g/mol. The Morgan fingerprint density at radius 3 is 2.56 bits per heavy atom. The number of aromatic carboxylic acids is 1. The van der Waals surface area contributed by atoms with Gasteiger partial charge in [-0.3, -0.25) is 4.79 Å². The van der Waals surface area contributed by atoms with Crippen LogP contribution in [0, 0.1) is 0 Å². The van der Waals surface area contributed by atoms with E-state index in [1.54, 1.807) is 19.1 Å². The lowest BCUT2D eigenvalue weighted by Gasteiger charge is -2.33. The molecule has 1 atom stereocenters. The van der Waals surface area contributed by atoms with Crippen LogP contribution in [0.1, 0.15) is 22.8 Å². The molecule has 0 saturated carbocycles. The second kappa shape index (κ2) is 6.75. The zero-order valence-corrected chi connectivity index (χ0v) is 15.2. The van der Waals surface area contributed by atoms with Crippen molar-refractivity contribution in [2.24, 2.45) is 0 Å². The monoisotopic (exact) mass is 399 g/mol. The molecule has 0 aliphatic carbocycles. The molecule has 0 fully saturated rings. The fourth-order valence-electron chi connectivity index (χ4n) is 2.58. The van der Waals surface area contributed by atoms with E-state index in [2.05, 4.69) is 0 Å². The fourth-order valence-corrected chi connectivity index (χ4v) is 3.25. The molecule has 2 aromatic rings. The maximum atomic E-state index is 12.6. The Hall–Kier alpha value is -1.95. The zero-order chi connectivity index (χ0) is 18.3. The van der Waals surface area contributed by atoms with E-state index in [0.29, 0.717) is 27.0 Å². The second-order valence-electron chi connectivity index (χ2n) is 5.49. The number of halogens is 3. The summed E-state index contributed by atoms with van der Waals surface area (Å²) in [5, 5.41) is 10.1. The number of nitrogens with zero attached hydrogens (tertiary/aromatic N) is 1. The minimum absolute atomic E-state index is 0.0686. The van der Waals surface area contributed by atoms with Gasteiger partial charge in [0.25, 0.3) is 5.91 Å². The van der Waals surface area contributed by atoms with Crippen LogP contribution in [0.3, 0.4) is 0 Å². The summed E-state index contributed by atoms with van der Waals surface area (Å²) >= 11 is 18.5. The van der Waals surface area contributed by atoms with Crippen LogP contribution in [0.15, 0.2) is 30.3 Å². The van der Waals surface area contributed by atoms with Crippen molar-refractivity contribution in [2.45, 2.75) is 19.6 Å². The van der Waals surface area contributed by atoms with Crippen molar-refractivity contribution in [2.75, 3.05) is 4.90 Å². The Bertz CT molecular complexity index is 884. The van der Waals surface area contributed by atoms with E-state index in [9.17, 15) is 9.59 Å². The fraction of sp³-hybridized carbons (Fsp3) is 0.176. The lowest BCUT2D eigenvalue weighted by atomic mass is 10.1. The SMILES string of the molecule is CC1Oc2cc(C(=O)O)ccc2N(Cc2c(Cl)ccc(Cl)c2Cl)C1=O. The summed E-state index contributed by atoms with van der Waals surface area (Å²) in [5.74, 6) is -1.06. The molecule has 5 nitrogen and oxygen atoms in total. The lowest BCUT2D eigenvalue weighted by molar-refractivity contribution is -0.125. The highest BCUT2D eigenvalue weighted by atomic mass is 35.5. The van der Waals surface area contributed by atoms with Gasteiger partial charge in [0.1, 0.15) is 5.75 Å². The van der Waals surface area contributed by atoms with Crippen molar-refractivity contribution in [3.63, 3.8) is 0 Å². The molecule has 1 aliphatic heterocycles. The predicted molar refractivity (Wildman–Crippen MR) is 96.2 cm³/mol. The molecule has 0 radical (unpaired) electrons. The van der Waals surface area contributed by atoms with Crippen LogP contribution in [0.2, 0.25) is 15.1 Å². The number of carboxylic acids is 1. The number of amides is 1. The lowest BCUT2D eigenvalue weighted by Crippen LogP contribution is -2.44. The first-order chi connectivity index (χ1) is 11.8. The maximum Gasteiger partial charge on any atom is 0.335 e. The number of benzene rings is 2. The Kier molecular flexibility index (Phi) is 4.82. The molecule has 1 heterocycles. The number of hydrogen-bond donors (Lipinski definition) is 1. The molecule has 0 spiro atoms. The molecule has 0 saturated heterocycles. The summed E-state index contributed by atoms with van der Waals surface area (Å²) in [7, 11) is 0. The van der Waals surface area contributed by atoms with E-state index in [4.69, 9.17) is 44.6 Å². The van der Waals surface area contributed by atoms with Gasteiger partial charge in [0.15, 0.2) is 6.10 Å². The van der Waals surface area contributed by atoms with E-state index in [-0.39, 0.29) is 23.0 Å². The molecular formula is C17H12Cl3NO4. The van der Waals surface area contributed by atoms with Gasteiger partial charge in [0.05, 0.1) is 27.8 Å². The average molecular weight is 401 g/mol. The van der Waals surface area contributed by atoms with Crippen molar-refractivity contribution in [1.29, 1.82) is 0 Å². The van der Waals surface area contributed by atoms with Crippen molar-refractivity contribution in [1.82, 2.24) is 0 Å². The van der Waals surface area contributed by atoms with E-state index < -0.39 is 12.1 Å². The molecule has 3 rings (SSSR count). The standard InChI is InChI=1S/C17H12Cl3NO4/c1-8-16(22)21(7-10-11(18)3-4-12(19)15(10)20)13-5-2-9(17(23)24)6-14(13)25-8/h2-6,8H,7H2,1H3,(H,23,24). The Labute approximate surface area is 158 Å². The van der Waals surface area contributed by atoms with Crippen LogP contribution in [-0.2, 0) is 11.3 Å². The zero-order valence-electron chi connectivity index (χ0n) is 12.9. The van der Waals surface area contributed by atoms with E-state index in [1.165, 1.54) is 23.1 Å². The Morgan fingerprint density at radius 2 is 1.88 bits per heavy atom. The number of carbonyl (C=O) groups is 2. The third-order valence-corrected chi connectivity index (χ3v) is 5.07. The number of ether oxygens (including phenoxy) is 1. The Balaban J connectivity index is 2.07. The summed E-state index contributed by atoms with van der Waals surface area (Å²) in [5.41, 5.74) is 1.02. The highest BCUT2D eigenvalue weighted by Gasteiger charge is 2.33. The largest absolute Gasteiger partial charge is 0.479 e.